The lowest BCUT2D eigenvalue weighted by Crippen LogP contribution is -1.96. The van der Waals surface area contributed by atoms with Gasteiger partial charge in [0, 0.05) is 19.7 Å². The largest absolute Gasteiger partial charge is 0.294 e. The van der Waals surface area contributed by atoms with Crippen molar-refractivity contribution in [3.05, 3.63) is 30.1 Å². The summed E-state index contributed by atoms with van der Waals surface area (Å²) in [6, 6.07) is 0. The summed E-state index contributed by atoms with van der Waals surface area (Å²) in [6.07, 6.45) is 8.43. The van der Waals surface area contributed by atoms with Gasteiger partial charge in [-0.05, 0) is 18.1 Å². The normalized spacial score (nSPS) is 10.9. The third kappa shape index (κ3) is 3.23. The van der Waals surface area contributed by atoms with Gasteiger partial charge in [-0.15, -0.1) is 0 Å². The molecule has 0 aliphatic rings. The Balaban J connectivity index is 2.50. The van der Waals surface area contributed by atoms with Crippen molar-refractivity contribution in [1.29, 1.82) is 0 Å². The van der Waals surface area contributed by atoms with Crippen LogP contribution in [0.4, 0.5) is 0 Å². The van der Waals surface area contributed by atoms with Crippen LogP contribution in [0.5, 0.6) is 0 Å². The first-order chi connectivity index (χ1) is 6.22. The SMILES string of the molecule is CC/C=C/C(=O)Cc1cnn(C)c1. The predicted molar refractivity (Wildman–Crippen MR) is 51.4 cm³/mol. The van der Waals surface area contributed by atoms with Gasteiger partial charge < -0.3 is 0 Å². The topological polar surface area (TPSA) is 34.9 Å². The molecule has 0 aliphatic carbocycles. The smallest absolute Gasteiger partial charge is 0.159 e. The molecule has 3 heteroatoms. The maximum Gasteiger partial charge on any atom is 0.159 e. The van der Waals surface area contributed by atoms with Crippen molar-refractivity contribution in [1.82, 2.24) is 9.78 Å². The molecule has 0 bridgehead atoms. The summed E-state index contributed by atoms with van der Waals surface area (Å²) < 4.78 is 1.70. The monoisotopic (exact) mass is 178 g/mol. The average molecular weight is 178 g/mol. The highest BCUT2D eigenvalue weighted by atomic mass is 16.1. The number of aromatic nitrogens is 2. The fourth-order valence-corrected chi connectivity index (χ4v) is 1.07. The second-order valence-electron chi connectivity index (χ2n) is 2.98. The number of carbonyl (C=O) groups is 1. The highest BCUT2D eigenvalue weighted by Crippen LogP contribution is 1.99. The van der Waals surface area contributed by atoms with Gasteiger partial charge in [0.15, 0.2) is 5.78 Å². The van der Waals surface area contributed by atoms with E-state index < -0.39 is 0 Å². The average Bonchev–Trinajstić information content (AvgIpc) is 2.48. The fourth-order valence-electron chi connectivity index (χ4n) is 1.07. The lowest BCUT2D eigenvalue weighted by molar-refractivity contribution is -0.114. The number of aryl methyl sites for hydroxylation is 1. The molecular weight excluding hydrogens is 164 g/mol. The van der Waals surface area contributed by atoms with Crippen LogP contribution < -0.4 is 0 Å². The number of hydrogen-bond donors (Lipinski definition) is 0. The molecule has 1 heterocycles. The van der Waals surface area contributed by atoms with E-state index in [0.29, 0.717) is 6.42 Å². The van der Waals surface area contributed by atoms with Gasteiger partial charge in [0.25, 0.3) is 0 Å². The van der Waals surface area contributed by atoms with E-state index >= 15 is 0 Å². The summed E-state index contributed by atoms with van der Waals surface area (Å²) in [7, 11) is 1.84. The minimum absolute atomic E-state index is 0.134. The van der Waals surface area contributed by atoms with E-state index in [4.69, 9.17) is 0 Å². The van der Waals surface area contributed by atoms with Gasteiger partial charge in [-0.2, -0.15) is 5.10 Å². The van der Waals surface area contributed by atoms with Crippen molar-refractivity contribution >= 4 is 5.78 Å². The van der Waals surface area contributed by atoms with Gasteiger partial charge in [0.1, 0.15) is 0 Å². The fraction of sp³-hybridized carbons (Fsp3) is 0.400. The lowest BCUT2D eigenvalue weighted by atomic mass is 10.2. The number of ketones is 1. The van der Waals surface area contributed by atoms with Crippen LogP contribution in [0.1, 0.15) is 18.9 Å². The number of nitrogens with zero attached hydrogens (tertiary/aromatic N) is 2. The Bertz CT molecular complexity index is 312. The van der Waals surface area contributed by atoms with Crippen molar-refractivity contribution in [2.75, 3.05) is 0 Å². The predicted octanol–water partition coefficient (Wildman–Crippen LogP) is 1.50. The molecular formula is C10H14N2O. The molecule has 0 fully saturated rings. The molecule has 0 amide bonds. The molecule has 1 aromatic heterocycles. The Morgan fingerprint density at radius 1 is 1.69 bits per heavy atom. The van der Waals surface area contributed by atoms with E-state index in [1.54, 1.807) is 17.0 Å². The number of rotatable bonds is 4. The molecule has 0 spiro atoms. The minimum Gasteiger partial charge on any atom is -0.294 e. The molecule has 0 atom stereocenters. The zero-order valence-electron chi connectivity index (χ0n) is 8.03. The number of allylic oxidation sites excluding steroid dienone is 2. The Morgan fingerprint density at radius 3 is 3.00 bits per heavy atom. The molecule has 0 N–H and O–H groups in total. The number of carbonyl (C=O) groups excluding carboxylic acids is 1. The summed E-state index contributed by atoms with van der Waals surface area (Å²) in [5, 5.41) is 3.99. The van der Waals surface area contributed by atoms with Crippen LogP contribution in [-0.4, -0.2) is 15.6 Å². The van der Waals surface area contributed by atoms with Gasteiger partial charge in [-0.1, -0.05) is 13.0 Å². The summed E-state index contributed by atoms with van der Waals surface area (Å²) >= 11 is 0. The van der Waals surface area contributed by atoms with Crippen molar-refractivity contribution in [2.24, 2.45) is 7.05 Å². The van der Waals surface area contributed by atoms with Crippen molar-refractivity contribution in [3.8, 4) is 0 Å². The molecule has 0 saturated heterocycles. The van der Waals surface area contributed by atoms with Crippen LogP contribution in [0.2, 0.25) is 0 Å². The van der Waals surface area contributed by atoms with Crippen LogP contribution in [0, 0.1) is 0 Å². The molecule has 0 aliphatic heterocycles. The highest BCUT2D eigenvalue weighted by Gasteiger charge is 2.00. The van der Waals surface area contributed by atoms with E-state index in [2.05, 4.69) is 5.10 Å². The van der Waals surface area contributed by atoms with Crippen LogP contribution in [0.3, 0.4) is 0 Å². The molecule has 3 nitrogen and oxygen atoms in total. The maximum atomic E-state index is 11.3. The maximum absolute atomic E-state index is 11.3. The highest BCUT2D eigenvalue weighted by molar-refractivity contribution is 5.91. The van der Waals surface area contributed by atoms with E-state index in [1.165, 1.54) is 0 Å². The molecule has 0 unspecified atom stereocenters. The molecule has 0 aromatic carbocycles. The molecule has 0 saturated carbocycles. The van der Waals surface area contributed by atoms with Crippen molar-refractivity contribution in [3.63, 3.8) is 0 Å². The van der Waals surface area contributed by atoms with Gasteiger partial charge in [0.2, 0.25) is 0 Å². The molecule has 0 radical (unpaired) electrons. The first-order valence-corrected chi connectivity index (χ1v) is 4.39. The number of hydrogen-bond acceptors (Lipinski definition) is 2. The van der Waals surface area contributed by atoms with Gasteiger partial charge in [0.05, 0.1) is 6.20 Å². The second-order valence-corrected chi connectivity index (χ2v) is 2.98. The Kier molecular flexibility index (Phi) is 3.43. The summed E-state index contributed by atoms with van der Waals surface area (Å²) in [4.78, 5) is 11.3. The zero-order chi connectivity index (χ0) is 9.68. The van der Waals surface area contributed by atoms with Gasteiger partial charge in [-0.25, -0.2) is 0 Å². The van der Waals surface area contributed by atoms with E-state index in [-0.39, 0.29) is 5.78 Å². The third-order valence-electron chi connectivity index (χ3n) is 1.68. The van der Waals surface area contributed by atoms with Crippen LogP contribution >= 0.6 is 0 Å². The Morgan fingerprint density at radius 2 is 2.46 bits per heavy atom. The molecule has 1 rings (SSSR count). The Labute approximate surface area is 78.1 Å². The van der Waals surface area contributed by atoms with E-state index in [9.17, 15) is 4.79 Å². The quantitative estimate of drug-likeness (QED) is 0.655. The third-order valence-corrected chi connectivity index (χ3v) is 1.68. The lowest BCUT2D eigenvalue weighted by Gasteiger charge is -1.89. The van der Waals surface area contributed by atoms with Gasteiger partial charge >= 0.3 is 0 Å². The van der Waals surface area contributed by atoms with Crippen molar-refractivity contribution < 1.29 is 4.79 Å². The van der Waals surface area contributed by atoms with Crippen LogP contribution in [0.25, 0.3) is 0 Å². The molecule has 13 heavy (non-hydrogen) atoms. The minimum atomic E-state index is 0.134. The first-order valence-electron chi connectivity index (χ1n) is 4.39. The standard InChI is InChI=1S/C10H14N2O/c1-3-4-5-10(13)6-9-7-11-12(2)8-9/h4-5,7-8H,3,6H2,1-2H3/b5-4+. The van der Waals surface area contributed by atoms with E-state index in [0.717, 1.165) is 12.0 Å². The second kappa shape index (κ2) is 4.60. The van der Waals surface area contributed by atoms with E-state index in [1.807, 2.05) is 26.2 Å². The summed E-state index contributed by atoms with van der Waals surface area (Å²) in [5.74, 6) is 0.134. The van der Waals surface area contributed by atoms with Crippen molar-refractivity contribution in [2.45, 2.75) is 19.8 Å². The summed E-state index contributed by atoms with van der Waals surface area (Å²) in [6.45, 7) is 2.01. The van der Waals surface area contributed by atoms with Gasteiger partial charge in [-0.3, -0.25) is 9.48 Å². The Hall–Kier alpha value is -1.38. The first kappa shape index (κ1) is 9.71. The van der Waals surface area contributed by atoms with Crippen LogP contribution in [0.15, 0.2) is 24.5 Å². The molecule has 1 aromatic rings. The van der Waals surface area contributed by atoms with Crippen LogP contribution in [-0.2, 0) is 18.3 Å². The molecule has 70 valence electrons. The zero-order valence-corrected chi connectivity index (χ0v) is 8.03. The summed E-state index contributed by atoms with van der Waals surface area (Å²) in [5.41, 5.74) is 0.966.